The summed E-state index contributed by atoms with van der Waals surface area (Å²) >= 11 is 0. The van der Waals surface area contributed by atoms with Crippen molar-refractivity contribution in [3.8, 4) is 0 Å². The zero-order valence-electron chi connectivity index (χ0n) is 66.3. The van der Waals surface area contributed by atoms with Crippen LogP contribution in [0.2, 0.25) is 0 Å². The molecule has 0 heterocycles. The number of carbonyl (C=O) groups excluding carboxylic acids is 4. The Hall–Kier alpha value is -1.98. The van der Waals surface area contributed by atoms with E-state index in [9.17, 15) is 38.1 Å². The highest BCUT2D eigenvalue weighted by atomic mass is 31.2. The normalized spacial score (nSPS) is 16.0. The standard InChI is InChI=1S/C70H138N2O16P2/c1-9-11-13-15-17-19-35-39-43-47-51-55-65(73)81-63-69(87-89(77,78)83-61-59-71(3,4)5)85-67(75)57-53-49-45-41-37-33-31-29-27-25-23-21-22-24-26-28-30-32-34-38-42-46-50-54-58-68(76)86-70(88-90(79,80)84-62-60-72(6,7)8)64-82-66(74)56-52-48-44-40-36-20-18-16-14-12-10-2/h69-70H,9-64H2,1-8H3/p+2/t69-,70-/m1/s1/i21D2,22D2,23D2,24D2. The van der Waals surface area contributed by atoms with E-state index >= 15 is 0 Å². The Morgan fingerprint density at radius 3 is 0.811 bits per heavy atom. The second-order valence-electron chi connectivity index (χ2n) is 26.6. The van der Waals surface area contributed by atoms with Gasteiger partial charge in [0, 0.05) is 36.6 Å². The van der Waals surface area contributed by atoms with Gasteiger partial charge < -0.3 is 37.7 Å². The highest BCUT2D eigenvalue weighted by Crippen LogP contribution is 2.46. The molecule has 2 N–H and O–H groups in total. The molecule has 0 saturated heterocycles. The number of unbranched alkanes of at least 4 members (excludes halogenated alkanes) is 36. The lowest BCUT2D eigenvalue weighted by molar-refractivity contribution is -0.870. The summed E-state index contributed by atoms with van der Waals surface area (Å²) in [6, 6.07) is 0. The zero-order chi connectivity index (χ0) is 73.9. The van der Waals surface area contributed by atoms with Crippen LogP contribution in [0.25, 0.3) is 0 Å². The van der Waals surface area contributed by atoms with E-state index in [1.165, 1.54) is 89.9 Å². The number of carbonyl (C=O) groups is 4. The highest BCUT2D eigenvalue weighted by molar-refractivity contribution is 7.47. The van der Waals surface area contributed by atoms with Crippen LogP contribution in [-0.4, -0.2) is 137 Å². The van der Waals surface area contributed by atoms with Gasteiger partial charge in [0.05, 0.1) is 42.3 Å². The molecule has 4 atom stereocenters. The molecule has 534 valence electrons. The molecule has 0 aromatic heterocycles. The average Bonchev–Trinajstić information content (AvgIpc) is 0.743. The molecule has 0 rings (SSSR count). The van der Waals surface area contributed by atoms with E-state index in [1.807, 2.05) is 42.3 Å². The summed E-state index contributed by atoms with van der Waals surface area (Å²) in [5.41, 5.74) is 0. The summed E-state index contributed by atoms with van der Waals surface area (Å²) in [7, 11) is 2.01. The third kappa shape index (κ3) is 66.1. The molecule has 0 fully saturated rings. The van der Waals surface area contributed by atoms with Crippen LogP contribution >= 0.6 is 15.6 Å². The Bertz CT molecular complexity index is 2020. The third-order valence-corrected chi connectivity index (χ3v) is 17.4. The fourth-order valence-corrected chi connectivity index (χ4v) is 11.3. The van der Waals surface area contributed by atoms with Crippen LogP contribution in [0.4, 0.5) is 0 Å². The second kappa shape index (κ2) is 59.5. The van der Waals surface area contributed by atoms with Gasteiger partial charge in [-0.05, 0) is 25.7 Å². The molecule has 18 nitrogen and oxygen atoms in total. The van der Waals surface area contributed by atoms with E-state index in [0.29, 0.717) is 86.3 Å². The van der Waals surface area contributed by atoms with Crippen molar-refractivity contribution in [2.24, 2.45) is 0 Å². The molecular formula is C70H140N2O16P2+2. The summed E-state index contributed by atoms with van der Waals surface area (Å²) in [5, 5.41) is 0. The Kier molecular flexibility index (Phi) is 48.8. The van der Waals surface area contributed by atoms with Gasteiger partial charge in [0.15, 0.2) is 13.2 Å². The maximum atomic E-state index is 12.9. The lowest BCUT2D eigenvalue weighted by atomic mass is 10.0. The second-order valence-corrected chi connectivity index (χ2v) is 29.4. The monoisotopic (exact) mass is 1340 g/mol. The number of quaternary nitrogens is 2. The Balaban J connectivity index is 4.72. The molecule has 0 spiro atoms. The van der Waals surface area contributed by atoms with Crippen LogP contribution in [0.5, 0.6) is 0 Å². The maximum absolute atomic E-state index is 12.9. The smallest absolute Gasteiger partial charge is 0.459 e. The number of nitrogens with zero attached hydrogens (tertiary/aromatic N) is 2. The van der Waals surface area contributed by atoms with Crippen LogP contribution in [0, 0.1) is 0 Å². The van der Waals surface area contributed by atoms with Crippen LogP contribution < -0.4 is 0 Å². The Morgan fingerprint density at radius 2 is 0.567 bits per heavy atom. The minimum atomic E-state index is -4.67. The minimum Gasteiger partial charge on any atom is -0.459 e. The van der Waals surface area contributed by atoms with Crippen LogP contribution in [-0.2, 0) is 65.4 Å². The molecule has 0 bridgehead atoms. The number of hydrogen-bond donors (Lipinski definition) is 2. The largest absolute Gasteiger partial charge is 0.475 e. The summed E-state index contributed by atoms with van der Waals surface area (Å²) in [5.74, 6) is -2.39. The van der Waals surface area contributed by atoms with Gasteiger partial charge in [0.1, 0.15) is 26.3 Å². The van der Waals surface area contributed by atoms with Crippen molar-refractivity contribution in [2.45, 2.75) is 347 Å². The number of phosphoric ester groups is 2. The number of ether oxygens (including phenoxy) is 4. The molecule has 0 saturated carbocycles. The van der Waals surface area contributed by atoms with Crippen molar-refractivity contribution in [1.82, 2.24) is 0 Å². The molecule has 0 aromatic carbocycles. The van der Waals surface area contributed by atoms with Gasteiger partial charge in [-0.15, -0.1) is 0 Å². The van der Waals surface area contributed by atoms with E-state index in [0.717, 1.165) is 103 Å². The van der Waals surface area contributed by atoms with Gasteiger partial charge in [-0.2, -0.15) is 0 Å². The molecule has 2 unspecified atom stereocenters. The number of phosphoric acid groups is 2. The van der Waals surface area contributed by atoms with Crippen molar-refractivity contribution in [1.29, 1.82) is 0 Å². The van der Waals surface area contributed by atoms with E-state index in [2.05, 4.69) is 13.8 Å². The molecule has 20 heteroatoms. The van der Waals surface area contributed by atoms with Crippen molar-refractivity contribution in [3.05, 3.63) is 0 Å². The van der Waals surface area contributed by atoms with Gasteiger partial charge in [-0.3, -0.25) is 28.2 Å². The number of hydrogen-bond acceptors (Lipinski definition) is 14. The molecular weight excluding hydrogens is 1190 g/mol. The van der Waals surface area contributed by atoms with E-state index in [1.54, 1.807) is 0 Å². The van der Waals surface area contributed by atoms with Crippen molar-refractivity contribution < 1.29 is 95.1 Å². The SMILES string of the molecule is [2H]C([2H])(CCCCCCCCCCCC(=O)O[C@@H](COC(=O)CCCCCCCCCCCCC)OP(=O)(O)OCC[N+](C)(C)C)C([2H])([2H])C([2H])([2H])C([2H])([2H])CCCCCCCCCCCC(=O)O[C@@H](COC(=O)CCCCCCCCCCCCC)OP(=O)(O)OCC[N+](C)(C)C. The predicted octanol–water partition coefficient (Wildman–Crippen LogP) is 19.0. The molecule has 90 heavy (non-hydrogen) atoms. The van der Waals surface area contributed by atoms with Gasteiger partial charge in [-0.25, -0.2) is 18.2 Å². The summed E-state index contributed by atoms with van der Waals surface area (Å²) < 4.78 is 137. The first-order chi connectivity index (χ1) is 46.0. The van der Waals surface area contributed by atoms with Crippen LogP contribution in [0.15, 0.2) is 0 Å². The van der Waals surface area contributed by atoms with Crippen molar-refractivity contribution >= 4 is 39.5 Å². The fourth-order valence-electron chi connectivity index (χ4n) is 9.79. The summed E-state index contributed by atoms with van der Waals surface area (Å²) in [6.07, 6.45) is 22.4. The van der Waals surface area contributed by atoms with Gasteiger partial charge >= 0.3 is 39.5 Å². The Labute approximate surface area is 561 Å². The van der Waals surface area contributed by atoms with Crippen LogP contribution in [0.3, 0.4) is 0 Å². The van der Waals surface area contributed by atoms with E-state index in [4.69, 9.17) is 48.0 Å². The fraction of sp³-hybridized carbons (Fsp3) is 0.943. The van der Waals surface area contributed by atoms with Crippen LogP contribution in [0.1, 0.15) is 346 Å². The van der Waals surface area contributed by atoms with E-state index in [-0.39, 0.29) is 51.7 Å². The molecule has 0 aromatic rings. The lowest BCUT2D eigenvalue weighted by Gasteiger charge is -2.25. The van der Waals surface area contributed by atoms with Crippen molar-refractivity contribution in [3.63, 3.8) is 0 Å². The first-order valence-electron chi connectivity index (χ1n) is 39.6. The first-order valence-corrected chi connectivity index (χ1v) is 38.6. The molecule has 0 aliphatic heterocycles. The molecule has 0 radical (unpaired) electrons. The van der Waals surface area contributed by atoms with Gasteiger partial charge in [-0.1, -0.05) is 283 Å². The molecule has 0 aliphatic carbocycles. The lowest BCUT2D eigenvalue weighted by Crippen LogP contribution is -2.37. The van der Waals surface area contributed by atoms with Gasteiger partial charge in [0.25, 0.3) is 0 Å². The highest BCUT2D eigenvalue weighted by Gasteiger charge is 2.32. The predicted molar refractivity (Wildman–Crippen MR) is 363 cm³/mol. The number of rotatable bonds is 69. The summed E-state index contributed by atoms with van der Waals surface area (Å²) in [4.78, 5) is 71.7. The van der Waals surface area contributed by atoms with Crippen molar-refractivity contribution in [2.75, 3.05) is 81.8 Å². The van der Waals surface area contributed by atoms with Gasteiger partial charge in [0.2, 0.25) is 12.6 Å². The molecule has 0 amide bonds. The summed E-state index contributed by atoms with van der Waals surface area (Å²) in [6.45, 7) is 3.92. The quantitative estimate of drug-likeness (QED) is 0.0145. The number of esters is 4. The number of likely N-dealkylation sites (N-methyl/N-ethyl adjacent to an activating group) is 2. The topological polar surface area (TPSA) is 217 Å². The minimum absolute atomic E-state index is 0.00977. The Morgan fingerprint density at radius 1 is 0.344 bits per heavy atom. The molecule has 0 aliphatic rings. The third-order valence-electron chi connectivity index (χ3n) is 15.4. The first kappa shape index (κ1) is 73.8. The zero-order valence-corrected chi connectivity index (χ0v) is 60.1. The van der Waals surface area contributed by atoms with E-state index < -0.39 is 90.8 Å². The average molecular weight is 1340 g/mol. The maximum Gasteiger partial charge on any atom is 0.475 e.